The second kappa shape index (κ2) is 7.65. The Hall–Kier alpha value is -3.09. The number of carboxylic acid groups (broad SMARTS) is 1. The monoisotopic (exact) mass is 372 g/mol. The molecule has 0 aliphatic heterocycles. The third-order valence-corrected chi connectivity index (χ3v) is 4.04. The van der Waals surface area contributed by atoms with Crippen LogP contribution in [0.15, 0.2) is 42.5 Å². The Morgan fingerprint density at radius 2 is 1.70 bits per heavy atom. The van der Waals surface area contributed by atoms with Crippen LogP contribution in [0.25, 0.3) is 10.8 Å². The van der Waals surface area contributed by atoms with Crippen molar-refractivity contribution in [3.05, 3.63) is 48.0 Å². The molecule has 1 atom stereocenters. The van der Waals surface area contributed by atoms with Crippen LogP contribution < -0.4 is 11.1 Å². The minimum Gasteiger partial charge on any atom is -0.481 e. The van der Waals surface area contributed by atoms with E-state index in [0.29, 0.717) is 5.56 Å². The van der Waals surface area contributed by atoms with E-state index in [4.69, 9.17) is 10.5 Å². The average molecular weight is 372 g/mol. The first-order valence-corrected chi connectivity index (χ1v) is 8.52. The van der Waals surface area contributed by atoms with Crippen LogP contribution in [0.3, 0.4) is 0 Å². The van der Waals surface area contributed by atoms with Gasteiger partial charge in [-0.05, 0) is 37.1 Å². The lowest BCUT2D eigenvalue weighted by Gasteiger charge is -2.32. The van der Waals surface area contributed by atoms with E-state index in [1.54, 1.807) is 32.9 Å². The first-order chi connectivity index (χ1) is 12.5. The van der Waals surface area contributed by atoms with Gasteiger partial charge in [0.25, 0.3) is 0 Å². The van der Waals surface area contributed by atoms with Crippen molar-refractivity contribution in [2.24, 2.45) is 5.73 Å². The number of hydrogen-bond acceptors (Lipinski definition) is 4. The van der Waals surface area contributed by atoms with E-state index in [1.165, 1.54) is 0 Å². The normalized spacial score (nSPS) is 13.6. The molecule has 0 saturated carbocycles. The number of carbonyl (C=O) groups is 3. The molecule has 27 heavy (non-hydrogen) atoms. The molecule has 0 fully saturated rings. The number of aliphatic carboxylic acids is 1. The van der Waals surface area contributed by atoms with E-state index in [2.05, 4.69) is 5.32 Å². The number of hydrogen-bond donors (Lipinski definition) is 3. The number of carbonyl (C=O) groups excluding carboxylic acids is 2. The van der Waals surface area contributed by atoms with Crippen molar-refractivity contribution < 1.29 is 24.2 Å². The van der Waals surface area contributed by atoms with Gasteiger partial charge >= 0.3 is 12.1 Å². The van der Waals surface area contributed by atoms with Crippen LogP contribution in [-0.4, -0.2) is 34.2 Å². The molecule has 0 saturated heterocycles. The molecule has 0 heterocycles. The Labute approximate surface area is 157 Å². The van der Waals surface area contributed by atoms with E-state index in [0.717, 1.165) is 10.8 Å². The molecular formula is C20H24N2O5. The standard InChI is InChI=1S/C20H24N2O5/c1-19(2,3)27-18(26)22-20(17(21)25,12-16(23)24)11-14-9-6-8-13-7-4-5-10-15(13)14/h4-10H,11-12H2,1-3H3,(H2,21,25)(H,22,26)(H,23,24). The molecule has 2 aromatic rings. The summed E-state index contributed by atoms with van der Waals surface area (Å²) in [6.45, 7) is 5.00. The predicted molar refractivity (Wildman–Crippen MR) is 101 cm³/mol. The highest BCUT2D eigenvalue weighted by molar-refractivity contribution is 5.94. The number of primary amides is 1. The summed E-state index contributed by atoms with van der Waals surface area (Å²) in [5, 5.41) is 13.5. The van der Waals surface area contributed by atoms with E-state index < -0.39 is 35.5 Å². The summed E-state index contributed by atoms with van der Waals surface area (Å²) in [4.78, 5) is 36.0. The quantitative estimate of drug-likeness (QED) is 0.720. The molecule has 0 radical (unpaired) electrons. The fourth-order valence-electron chi connectivity index (χ4n) is 2.92. The van der Waals surface area contributed by atoms with Gasteiger partial charge in [0.05, 0.1) is 6.42 Å². The number of ether oxygens (including phenoxy) is 1. The Balaban J connectivity index is 2.46. The summed E-state index contributed by atoms with van der Waals surface area (Å²) in [5.41, 5.74) is 3.62. The zero-order valence-electron chi connectivity index (χ0n) is 15.6. The summed E-state index contributed by atoms with van der Waals surface area (Å²) in [6, 6.07) is 13.0. The van der Waals surface area contributed by atoms with Crippen LogP contribution in [0.1, 0.15) is 32.8 Å². The Morgan fingerprint density at radius 1 is 1.07 bits per heavy atom. The molecule has 0 spiro atoms. The molecule has 0 aliphatic rings. The summed E-state index contributed by atoms with van der Waals surface area (Å²) in [7, 11) is 0. The highest BCUT2D eigenvalue weighted by atomic mass is 16.6. The number of fused-ring (bicyclic) bond motifs is 1. The Morgan fingerprint density at radius 3 is 2.30 bits per heavy atom. The molecule has 1 unspecified atom stereocenters. The maximum absolute atomic E-state index is 12.3. The molecule has 2 amide bonds. The average Bonchev–Trinajstić information content (AvgIpc) is 2.52. The van der Waals surface area contributed by atoms with Gasteiger partial charge in [-0.15, -0.1) is 0 Å². The van der Waals surface area contributed by atoms with Gasteiger partial charge in [0.1, 0.15) is 11.1 Å². The van der Waals surface area contributed by atoms with Gasteiger partial charge in [-0.2, -0.15) is 0 Å². The number of benzene rings is 2. The van der Waals surface area contributed by atoms with E-state index >= 15 is 0 Å². The number of nitrogens with one attached hydrogen (secondary N) is 1. The van der Waals surface area contributed by atoms with Gasteiger partial charge in [0.15, 0.2) is 0 Å². The van der Waals surface area contributed by atoms with Crippen molar-refractivity contribution in [1.82, 2.24) is 5.32 Å². The van der Waals surface area contributed by atoms with Gasteiger partial charge in [-0.3, -0.25) is 9.59 Å². The van der Waals surface area contributed by atoms with Gasteiger partial charge < -0.3 is 20.9 Å². The molecule has 2 rings (SSSR count). The lowest BCUT2D eigenvalue weighted by molar-refractivity contribution is -0.142. The molecule has 7 nitrogen and oxygen atoms in total. The van der Waals surface area contributed by atoms with Crippen LogP contribution in [0.2, 0.25) is 0 Å². The third-order valence-electron chi connectivity index (χ3n) is 4.04. The summed E-state index contributed by atoms with van der Waals surface area (Å²) in [6.07, 6.45) is -1.64. The molecule has 0 aromatic heterocycles. The molecule has 4 N–H and O–H groups in total. The minimum atomic E-state index is -1.82. The zero-order valence-corrected chi connectivity index (χ0v) is 15.6. The molecule has 7 heteroatoms. The van der Waals surface area contributed by atoms with Gasteiger partial charge in [-0.1, -0.05) is 42.5 Å². The fourth-order valence-corrected chi connectivity index (χ4v) is 2.92. The number of carboxylic acids is 1. The number of amides is 2. The maximum atomic E-state index is 12.3. The third kappa shape index (κ3) is 5.20. The number of nitrogens with two attached hydrogens (primary N) is 1. The zero-order chi connectivity index (χ0) is 20.2. The molecule has 144 valence electrons. The minimum absolute atomic E-state index is 0.0742. The van der Waals surface area contributed by atoms with E-state index in [9.17, 15) is 19.5 Å². The van der Waals surface area contributed by atoms with Crippen LogP contribution in [0.5, 0.6) is 0 Å². The Bertz CT molecular complexity index is 867. The van der Waals surface area contributed by atoms with Crippen LogP contribution >= 0.6 is 0 Å². The SMILES string of the molecule is CC(C)(C)OC(=O)NC(CC(=O)O)(Cc1cccc2ccccc12)C(N)=O. The van der Waals surface area contributed by atoms with Crippen molar-refractivity contribution in [3.8, 4) is 0 Å². The van der Waals surface area contributed by atoms with Crippen LogP contribution in [0.4, 0.5) is 4.79 Å². The topological polar surface area (TPSA) is 119 Å². The Kier molecular flexibility index (Phi) is 5.73. The summed E-state index contributed by atoms with van der Waals surface area (Å²) >= 11 is 0. The van der Waals surface area contributed by atoms with Crippen molar-refractivity contribution >= 4 is 28.7 Å². The van der Waals surface area contributed by atoms with Crippen molar-refractivity contribution in [3.63, 3.8) is 0 Å². The lowest BCUT2D eigenvalue weighted by Crippen LogP contribution is -2.60. The second-order valence-electron chi connectivity index (χ2n) is 7.46. The van der Waals surface area contributed by atoms with Crippen molar-refractivity contribution in [2.75, 3.05) is 0 Å². The second-order valence-corrected chi connectivity index (χ2v) is 7.46. The molecule has 0 bridgehead atoms. The first kappa shape index (κ1) is 20.2. The molecule has 2 aromatic carbocycles. The molecular weight excluding hydrogens is 348 g/mol. The lowest BCUT2D eigenvalue weighted by atomic mass is 9.85. The van der Waals surface area contributed by atoms with Crippen LogP contribution in [0, 0.1) is 0 Å². The van der Waals surface area contributed by atoms with Gasteiger partial charge in [0.2, 0.25) is 5.91 Å². The van der Waals surface area contributed by atoms with Crippen molar-refractivity contribution in [1.29, 1.82) is 0 Å². The number of alkyl carbamates (subject to hydrolysis) is 1. The van der Waals surface area contributed by atoms with Crippen molar-refractivity contribution in [2.45, 2.75) is 44.8 Å². The first-order valence-electron chi connectivity index (χ1n) is 8.52. The molecule has 0 aliphatic carbocycles. The van der Waals surface area contributed by atoms with E-state index in [-0.39, 0.29) is 6.42 Å². The highest BCUT2D eigenvalue weighted by Crippen LogP contribution is 2.25. The fraction of sp³-hybridized carbons (Fsp3) is 0.350. The van der Waals surface area contributed by atoms with Gasteiger partial charge in [-0.25, -0.2) is 4.79 Å². The highest BCUT2D eigenvalue weighted by Gasteiger charge is 2.42. The van der Waals surface area contributed by atoms with Gasteiger partial charge in [0, 0.05) is 6.42 Å². The number of rotatable bonds is 6. The smallest absolute Gasteiger partial charge is 0.408 e. The summed E-state index contributed by atoms with van der Waals surface area (Å²) in [5.74, 6) is -2.20. The summed E-state index contributed by atoms with van der Waals surface area (Å²) < 4.78 is 5.20. The largest absolute Gasteiger partial charge is 0.481 e. The van der Waals surface area contributed by atoms with E-state index in [1.807, 2.05) is 30.3 Å². The van der Waals surface area contributed by atoms with Crippen LogP contribution in [-0.2, 0) is 20.7 Å². The maximum Gasteiger partial charge on any atom is 0.408 e. The predicted octanol–water partition coefficient (Wildman–Crippen LogP) is 2.61.